The molecule has 0 aliphatic rings. The van der Waals surface area contributed by atoms with Gasteiger partial charge in [0, 0.05) is 12.2 Å². The lowest BCUT2D eigenvalue weighted by molar-refractivity contribution is -0.126. The van der Waals surface area contributed by atoms with Gasteiger partial charge in [-0.15, -0.1) is 6.58 Å². The average Bonchev–Trinajstić information content (AvgIpc) is 2.38. The van der Waals surface area contributed by atoms with Crippen molar-refractivity contribution in [1.29, 1.82) is 0 Å². The summed E-state index contributed by atoms with van der Waals surface area (Å²) >= 11 is 0. The molecule has 4 heteroatoms. The Hall–Kier alpha value is -2.10. The van der Waals surface area contributed by atoms with Gasteiger partial charge in [0.2, 0.25) is 11.8 Å². The van der Waals surface area contributed by atoms with E-state index in [1.165, 1.54) is 0 Å². The summed E-state index contributed by atoms with van der Waals surface area (Å²) in [5.74, 6) is -0.301. The maximum Gasteiger partial charge on any atom is 0.233 e. The van der Waals surface area contributed by atoms with Crippen LogP contribution < -0.4 is 10.6 Å². The molecule has 0 spiro atoms. The van der Waals surface area contributed by atoms with E-state index in [-0.39, 0.29) is 18.2 Å². The molecule has 108 valence electrons. The fourth-order valence-electron chi connectivity index (χ4n) is 1.92. The first-order valence-electron chi connectivity index (χ1n) is 6.72. The first-order valence-corrected chi connectivity index (χ1v) is 6.72. The minimum atomic E-state index is -0.304. The molecule has 1 aromatic carbocycles. The van der Waals surface area contributed by atoms with Crippen molar-refractivity contribution in [2.24, 2.45) is 0 Å². The fraction of sp³-hybridized carbons (Fsp3) is 0.375. The smallest absolute Gasteiger partial charge is 0.233 e. The molecule has 0 atom stereocenters. The largest absolute Gasteiger partial charge is 0.352 e. The van der Waals surface area contributed by atoms with Gasteiger partial charge in [-0.2, -0.15) is 0 Å². The van der Waals surface area contributed by atoms with E-state index in [4.69, 9.17) is 0 Å². The van der Waals surface area contributed by atoms with Gasteiger partial charge in [-0.3, -0.25) is 9.59 Å². The Bertz CT molecular complexity index is 507. The number of anilines is 1. The number of rotatable bonds is 6. The number of para-hydroxylation sites is 1. The first kappa shape index (κ1) is 16.0. The van der Waals surface area contributed by atoms with Crippen LogP contribution in [0.2, 0.25) is 0 Å². The molecule has 0 aromatic heterocycles. The molecule has 0 aliphatic heterocycles. The van der Waals surface area contributed by atoms with E-state index < -0.39 is 0 Å². The summed E-state index contributed by atoms with van der Waals surface area (Å²) in [4.78, 5) is 23.4. The van der Waals surface area contributed by atoms with Crippen molar-refractivity contribution in [3.63, 3.8) is 0 Å². The van der Waals surface area contributed by atoms with Crippen LogP contribution in [0.15, 0.2) is 30.9 Å². The Labute approximate surface area is 120 Å². The van der Waals surface area contributed by atoms with Crippen molar-refractivity contribution in [3.05, 3.63) is 42.0 Å². The van der Waals surface area contributed by atoms with E-state index in [9.17, 15) is 9.59 Å². The van der Waals surface area contributed by atoms with E-state index in [1.54, 1.807) is 6.08 Å². The summed E-state index contributed by atoms with van der Waals surface area (Å²) in [5.41, 5.74) is 2.88. The van der Waals surface area contributed by atoms with E-state index in [1.807, 2.05) is 25.1 Å². The van der Waals surface area contributed by atoms with Gasteiger partial charge in [-0.25, -0.2) is 0 Å². The second-order valence-corrected chi connectivity index (χ2v) is 5.01. The number of amides is 2. The van der Waals surface area contributed by atoms with Crippen molar-refractivity contribution in [1.82, 2.24) is 5.32 Å². The molecule has 1 rings (SSSR count). The van der Waals surface area contributed by atoms with Crippen LogP contribution in [0.25, 0.3) is 0 Å². The molecule has 0 radical (unpaired) electrons. The highest BCUT2D eigenvalue weighted by atomic mass is 16.2. The fourth-order valence-corrected chi connectivity index (χ4v) is 1.92. The average molecular weight is 274 g/mol. The number of nitrogens with one attached hydrogen (secondary N) is 2. The topological polar surface area (TPSA) is 58.2 Å². The summed E-state index contributed by atoms with van der Waals surface area (Å²) in [6.45, 7) is 9.96. The Balaban J connectivity index is 2.75. The van der Waals surface area contributed by atoms with Crippen LogP contribution >= 0.6 is 0 Å². The molecule has 0 bridgehead atoms. The zero-order valence-corrected chi connectivity index (χ0v) is 12.3. The molecule has 20 heavy (non-hydrogen) atoms. The van der Waals surface area contributed by atoms with E-state index in [2.05, 4.69) is 31.1 Å². The summed E-state index contributed by atoms with van der Waals surface area (Å²) in [5, 5.41) is 5.43. The summed E-state index contributed by atoms with van der Waals surface area (Å²) in [7, 11) is 0. The number of carbonyl (C=O) groups excluding carboxylic acids is 2. The predicted molar refractivity (Wildman–Crippen MR) is 81.7 cm³/mol. The highest BCUT2D eigenvalue weighted by Crippen LogP contribution is 2.27. The molecule has 0 saturated carbocycles. The van der Waals surface area contributed by atoms with Crippen molar-refractivity contribution in [2.75, 3.05) is 11.9 Å². The maximum atomic E-state index is 11.9. The minimum Gasteiger partial charge on any atom is -0.352 e. The quantitative estimate of drug-likeness (QED) is 0.619. The molecule has 0 saturated heterocycles. The predicted octanol–water partition coefficient (Wildman–Crippen LogP) is 2.75. The second-order valence-electron chi connectivity index (χ2n) is 5.01. The number of aryl methyl sites for hydroxylation is 1. The lowest BCUT2D eigenvalue weighted by Gasteiger charge is -2.16. The Morgan fingerprint density at radius 1 is 1.30 bits per heavy atom. The number of benzene rings is 1. The summed E-state index contributed by atoms with van der Waals surface area (Å²) in [6.07, 6.45) is 1.40. The third-order valence-corrected chi connectivity index (χ3v) is 2.96. The lowest BCUT2D eigenvalue weighted by Crippen LogP contribution is -2.28. The monoisotopic (exact) mass is 274 g/mol. The zero-order valence-electron chi connectivity index (χ0n) is 12.3. The standard InChI is InChI=1S/C16H22N2O2/c1-5-9-17-14(19)10-15(20)18-16-12(4)7-6-8-13(16)11(2)3/h5-8,11H,1,9-10H2,2-4H3,(H,17,19)(H,18,20). The van der Waals surface area contributed by atoms with Crippen LogP contribution in [0.1, 0.15) is 37.3 Å². The molecule has 4 nitrogen and oxygen atoms in total. The first-order chi connectivity index (χ1) is 9.45. The Morgan fingerprint density at radius 2 is 2.00 bits per heavy atom. The van der Waals surface area contributed by atoms with Gasteiger partial charge in [-0.1, -0.05) is 38.1 Å². The van der Waals surface area contributed by atoms with Gasteiger partial charge in [-0.05, 0) is 24.0 Å². The normalized spacial score (nSPS) is 10.2. The van der Waals surface area contributed by atoms with Crippen LogP contribution in [0.4, 0.5) is 5.69 Å². The molecule has 0 heterocycles. The minimum absolute atomic E-state index is 0.181. The highest BCUT2D eigenvalue weighted by Gasteiger charge is 2.14. The van der Waals surface area contributed by atoms with Crippen LogP contribution in [0, 0.1) is 6.92 Å². The molecule has 0 fully saturated rings. The van der Waals surface area contributed by atoms with Crippen LogP contribution in [-0.2, 0) is 9.59 Å². The second kappa shape index (κ2) is 7.48. The number of hydrogen-bond donors (Lipinski definition) is 2. The van der Waals surface area contributed by atoms with Crippen molar-refractivity contribution in [2.45, 2.75) is 33.1 Å². The van der Waals surface area contributed by atoms with E-state index in [0.29, 0.717) is 12.5 Å². The molecule has 2 N–H and O–H groups in total. The molecular weight excluding hydrogens is 252 g/mol. The van der Waals surface area contributed by atoms with Gasteiger partial charge in [0.05, 0.1) is 0 Å². The highest BCUT2D eigenvalue weighted by molar-refractivity contribution is 6.04. The number of carbonyl (C=O) groups is 2. The van der Waals surface area contributed by atoms with E-state index >= 15 is 0 Å². The summed E-state index contributed by atoms with van der Waals surface area (Å²) in [6, 6.07) is 5.90. The Morgan fingerprint density at radius 3 is 2.60 bits per heavy atom. The third kappa shape index (κ3) is 4.53. The van der Waals surface area contributed by atoms with Crippen LogP contribution in [0.5, 0.6) is 0 Å². The van der Waals surface area contributed by atoms with Crippen LogP contribution in [-0.4, -0.2) is 18.4 Å². The van der Waals surface area contributed by atoms with Crippen molar-refractivity contribution >= 4 is 17.5 Å². The Kier molecular flexibility index (Phi) is 5.97. The van der Waals surface area contributed by atoms with Crippen molar-refractivity contribution in [3.8, 4) is 0 Å². The van der Waals surface area contributed by atoms with E-state index in [0.717, 1.165) is 16.8 Å². The maximum absolute atomic E-state index is 11.9. The van der Waals surface area contributed by atoms with Crippen molar-refractivity contribution < 1.29 is 9.59 Å². The van der Waals surface area contributed by atoms with Crippen LogP contribution in [0.3, 0.4) is 0 Å². The molecule has 0 unspecified atom stereocenters. The zero-order chi connectivity index (χ0) is 15.1. The molecule has 2 amide bonds. The van der Waals surface area contributed by atoms with Gasteiger partial charge in [0.1, 0.15) is 6.42 Å². The lowest BCUT2D eigenvalue weighted by atomic mass is 9.98. The molecule has 1 aromatic rings. The number of hydrogen-bond acceptors (Lipinski definition) is 2. The summed E-state index contributed by atoms with van der Waals surface area (Å²) < 4.78 is 0. The van der Waals surface area contributed by atoms with Gasteiger partial charge in [0.15, 0.2) is 0 Å². The molecular formula is C16H22N2O2. The van der Waals surface area contributed by atoms with Gasteiger partial charge < -0.3 is 10.6 Å². The SMILES string of the molecule is C=CCNC(=O)CC(=O)Nc1c(C)cccc1C(C)C. The van der Waals surface area contributed by atoms with Gasteiger partial charge in [0.25, 0.3) is 0 Å². The third-order valence-electron chi connectivity index (χ3n) is 2.96. The molecule has 0 aliphatic carbocycles. The van der Waals surface area contributed by atoms with Gasteiger partial charge >= 0.3 is 0 Å².